The molecule has 0 heterocycles. The number of hydrogen-bond acceptors (Lipinski definition) is 3. The Morgan fingerprint density at radius 1 is 1.25 bits per heavy atom. The molecule has 4 heteroatoms. The molecule has 0 N–H and O–H groups in total. The zero-order valence-electron chi connectivity index (χ0n) is 15.8. The smallest absolute Gasteiger partial charge is 0.310 e. The second-order valence-electron chi connectivity index (χ2n) is 7.18. The quantitative estimate of drug-likeness (QED) is 0.624. The van der Waals surface area contributed by atoms with Crippen molar-refractivity contribution in [2.24, 2.45) is 0 Å². The lowest BCUT2D eigenvalue weighted by Crippen LogP contribution is -2.26. The van der Waals surface area contributed by atoms with Crippen LogP contribution in [0.1, 0.15) is 70.9 Å². The molecule has 0 spiro atoms. The highest BCUT2D eigenvalue weighted by molar-refractivity contribution is 5.73. The number of halogens is 1. The molecule has 0 amide bonds. The molecule has 0 aliphatic heterocycles. The predicted molar refractivity (Wildman–Crippen MR) is 94.7 cm³/mol. The van der Waals surface area contributed by atoms with Gasteiger partial charge < -0.3 is 9.47 Å². The first-order valence-corrected chi connectivity index (χ1v) is 8.74. The first-order valence-electron chi connectivity index (χ1n) is 8.74. The van der Waals surface area contributed by atoms with Crippen LogP contribution in [-0.2, 0) is 20.7 Å². The summed E-state index contributed by atoms with van der Waals surface area (Å²) < 4.78 is 24.8. The third-order valence-corrected chi connectivity index (χ3v) is 4.01. The number of ether oxygens (including phenoxy) is 2. The van der Waals surface area contributed by atoms with Crippen LogP contribution in [-0.4, -0.2) is 24.8 Å². The number of rotatable bonds is 8. The standard InChI is InChI=1S/C20H31FO3/c1-7-9-17(18(8-2)23-6)16-11-10-15(21)12-14(16)13-19(22)24-20(3,4)5/h10-12,17-18H,7-9,13H2,1-6H3. The van der Waals surface area contributed by atoms with E-state index in [1.54, 1.807) is 13.2 Å². The molecule has 0 saturated carbocycles. The van der Waals surface area contributed by atoms with Gasteiger partial charge in [0.25, 0.3) is 0 Å². The van der Waals surface area contributed by atoms with Gasteiger partial charge in [0.1, 0.15) is 11.4 Å². The summed E-state index contributed by atoms with van der Waals surface area (Å²) in [6, 6.07) is 4.69. The van der Waals surface area contributed by atoms with Crippen LogP contribution in [0, 0.1) is 5.82 Å². The molecule has 0 bridgehead atoms. The van der Waals surface area contributed by atoms with Crippen LogP contribution in [0.15, 0.2) is 18.2 Å². The van der Waals surface area contributed by atoms with Crippen molar-refractivity contribution in [3.63, 3.8) is 0 Å². The van der Waals surface area contributed by atoms with E-state index < -0.39 is 5.60 Å². The van der Waals surface area contributed by atoms with E-state index in [1.165, 1.54) is 12.1 Å². The van der Waals surface area contributed by atoms with E-state index in [1.807, 2.05) is 20.8 Å². The number of hydrogen-bond donors (Lipinski definition) is 0. The van der Waals surface area contributed by atoms with Crippen molar-refractivity contribution in [2.45, 2.75) is 77.9 Å². The Bertz CT molecular complexity index is 530. The van der Waals surface area contributed by atoms with Crippen molar-refractivity contribution < 1.29 is 18.7 Å². The number of carbonyl (C=O) groups is 1. The van der Waals surface area contributed by atoms with Crippen LogP contribution in [0.3, 0.4) is 0 Å². The lowest BCUT2D eigenvalue weighted by Gasteiger charge is -2.27. The van der Waals surface area contributed by atoms with Gasteiger partial charge in [0.05, 0.1) is 12.5 Å². The van der Waals surface area contributed by atoms with Crippen LogP contribution in [0.5, 0.6) is 0 Å². The van der Waals surface area contributed by atoms with Gasteiger partial charge in [-0.25, -0.2) is 4.39 Å². The highest BCUT2D eigenvalue weighted by Gasteiger charge is 2.25. The lowest BCUT2D eigenvalue weighted by molar-refractivity contribution is -0.153. The number of esters is 1. The summed E-state index contributed by atoms with van der Waals surface area (Å²) in [6.45, 7) is 9.68. The van der Waals surface area contributed by atoms with Crippen molar-refractivity contribution in [2.75, 3.05) is 7.11 Å². The summed E-state index contributed by atoms with van der Waals surface area (Å²) in [4.78, 5) is 12.2. The number of methoxy groups -OCH3 is 1. The van der Waals surface area contributed by atoms with Gasteiger partial charge in [0, 0.05) is 13.0 Å². The Morgan fingerprint density at radius 2 is 1.92 bits per heavy atom. The molecule has 0 aromatic heterocycles. The van der Waals surface area contributed by atoms with Crippen molar-refractivity contribution in [1.82, 2.24) is 0 Å². The fourth-order valence-corrected chi connectivity index (χ4v) is 3.09. The second-order valence-corrected chi connectivity index (χ2v) is 7.18. The fourth-order valence-electron chi connectivity index (χ4n) is 3.09. The fraction of sp³-hybridized carbons (Fsp3) is 0.650. The highest BCUT2D eigenvalue weighted by atomic mass is 19.1. The zero-order chi connectivity index (χ0) is 18.3. The molecule has 0 saturated heterocycles. The maximum atomic E-state index is 13.8. The monoisotopic (exact) mass is 338 g/mol. The molecule has 1 rings (SSSR count). The Labute approximate surface area is 145 Å². The van der Waals surface area contributed by atoms with Crippen LogP contribution in [0.25, 0.3) is 0 Å². The molecule has 136 valence electrons. The molecule has 0 radical (unpaired) electrons. The minimum Gasteiger partial charge on any atom is -0.460 e. The normalized spacial score (nSPS) is 14.3. The van der Waals surface area contributed by atoms with Crippen LogP contribution < -0.4 is 0 Å². The molecular formula is C20H31FO3. The molecule has 0 aliphatic rings. The maximum Gasteiger partial charge on any atom is 0.310 e. The van der Waals surface area contributed by atoms with Crippen molar-refractivity contribution in [3.8, 4) is 0 Å². The molecule has 0 aliphatic carbocycles. The van der Waals surface area contributed by atoms with E-state index in [2.05, 4.69) is 13.8 Å². The summed E-state index contributed by atoms with van der Waals surface area (Å²) in [7, 11) is 1.70. The summed E-state index contributed by atoms with van der Waals surface area (Å²) in [5, 5.41) is 0. The third kappa shape index (κ3) is 6.23. The van der Waals surface area contributed by atoms with Crippen LogP contribution >= 0.6 is 0 Å². The van der Waals surface area contributed by atoms with Crippen molar-refractivity contribution in [3.05, 3.63) is 35.1 Å². The third-order valence-electron chi connectivity index (χ3n) is 4.01. The van der Waals surface area contributed by atoms with Crippen molar-refractivity contribution in [1.29, 1.82) is 0 Å². The van der Waals surface area contributed by atoms with E-state index >= 15 is 0 Å². The van der Waals surface area contributed by atoms with Crippen LogP contribution in [0.4, 0.5) is 4.39 Å². The van der Waals surface area contributed by atoms with Crippen molar-refractivity contribution >= 4 is 5.97 Å². The largest absolute Gasteiger partial charge is 0.460 e. The predicted octanol–water partition coefficient (Wildman–Crippen LogP) is 5.02. The Hall–Kier alpha value is -1.42. The zero-order valence-corrected chi connectivity index (χ0v) is 15.8. The van der Waals surface area contributed by atoms with E-state index in [0.29, 0.717) is 5.56 Å². The topological polar surface area (TPSA) is 35.5 Å². The average Bonchev–Trinajstić information content (AvgIpc) is 2.46. The van der Waals surface area contributed by atoms with Gasteiger partial charge in [-0.15, -0.1) is 0 Å². The van der Waals surface area contributed by atoms with Gasteiger partial charge in [-0.05, 0) is 56.9 Å². The molecular weight excluding hydrogens is 307 g/mol. The molecule has 0 fully saturated rings. The SMILES string of the molecule is CCCC(c1ccc(F)cc1CC(=O)OC(C)(C)C)C(CC)OC. The van der Waals surface area contributed by atoms with Gasteiger partial charge in [0.2, 0.25) is 0 Å². The second kappa shape index (κ2) is 9.16. The Kier molecular flexibility index (Phi) is 7.88. The maximum absolute atomic E-state index is 13.8. The van der Waals surface area contributed by atoms with Crippen LogP contribution in [0.2, 0.25) is 0 Å². The molecule has 24 heavy (non-hydrogen) atoms. The van der Waals surface area contributed by atoms with E-state index in [9.17, 15) is 9.18 Å². The lowest BCUT2D eigenvalue weighted by atomic mass is 9.84. The highest BCUT2D eigenvalue weighted by Crippen LogP contribution is 2.32. The van der Waals surface area contributed by atoms with Gasteiger partial charge in [-0.1, -0.05) is 26.3 Å². The summed E-state index contributed by atoms with van der Waals surface area (Å²) in [5.74, 6) is -0.531. The minimum atomic E-state index is -0.550. The first kappa shape index (κ1) is 20.6. The van der Waals surface area contributed by atoms with E-state index in [0.717, 1.165) is 24.8 Å². The molecule has 1 aromatic rings. The molecule has 1 aromatic carbocycles. The van der Waals surface area contributed by atoms with Gasteiger partial charge in [-0.2, -0.15) is 0 Å². The number of benzene rings is 1. The van der Waals surface area contributed by atoms with E-state index in [-0.39, 0.29) is 30.2 Å². The number of carbonyl (C=O) groups excluding carboxylic acids is 1. The molecule has 3 nitrogen and oxygen atoms in total. The Balaban J connectivity index is 3.15. The summed E-state index contributed by atoms with van der Waals surface area (Å²) in [6.07, 6.45) is 2.91. The Morgan fingerprint density at radius 3 is 2.42 bits per heavy atom. The summed E-state index contributed by atoms with van der Waals surface area (Å²) in [5.41, 5.74) is 1.13. The first-order chi connectivity index (χ1) is 11.2. The van der Waals surface area contributed by atoms with E-state index in [4.69, 9.17) is 9.47 Å². The van der Waals surface area contributed by atoms with Gasteiger partial charge in [-0.3, -0.25) is 4.79 Å². The minimum absolute atomic E-state index is 0.0489. The average molecular weight is 338 g/mol. The molecule has 2 unspecified atom stereocenters. The summed E-state index contributed by atoms with van der Waals surface area (Å²) >= 11 is 0. The van der Waals surface area contributed by atoms with Gasteiger partial charge in [0.15, 0.2) is 0 Å². The molecule has 2 atom stereocenters. The van der Waals surface area contributed by atoms with Gasteiger partial charge >= 0.3 is 5.97 Å².